The normalized spacial score (nSPS) is 11.8. The third-order valence-corrected chi connectivity index (χ3v) is 6.73. The summed E-state index contributed by atoms with van der Waals surface area (Å²) in [6, 6.07) is 26.3. The predicted octanol–water partition coefficient (Wildman–Crippen LogP) is 5.19. The number of hydrogen-bond acceptors (Lipinski definition) is 5. The van der Waals surface area contributed by atoms with Gasteiger partial charge in [0.05, 0.1) is 17.2 Å². The third-order valence-electron chi connectivity index (χ3n) is 5.34. The van der Waals surface area contributed by atoms with Crippen LogP contribution in [0.1, 0.15) is 29.8 Å². The molecule has 0 aliphatic carbocycles. The van der Waals surface area contributed by atoms with Gasteiger partial charge >= 0.3 is 0 Å². The Bertz CT molecular complexity index is 1480. The number of sulfonamides is 1. The molecule has 0 fully saturated rings. The Hall–Kier alpha value is -4.17. The first kappa shape index (κ1) is 24.0. The second kappa shape index (κ2) is 10.4. The van der Waals surface area contributed by atoms with Gasteiger partial charge in [0.2, 0.25) is 0 Å². The summed E-state index contributed by atoms with van der Waals surface area (Å²) in [5.41, 5.74) is 4.82. The van der Waals surface area contributed by atoms with Crippen molar-refractivity contribution in [1.82, 2.24) is 5.43 Å². The smallest absolute Gasteiger partial charge is 0.271 e. The van der Waals surface area contributed by atoms with Gasteiger partial charge in [0.25, 0.3) is 15.9 Å². The lowest BCUT2D eigenvalue weighted by Gasteiger charge is -2.10. The first-order chi connectivity index (χ1) is 16.9. The highest BCUT2D eigenvalue weighted by Crippen LogP contribution is 2.20. The van der Waals surface area contributed by atoms with Crippen LogP contribution in [0.2, 0.25) is 0 Å². The molecule has 4 aromatic rings. The van der Waals surface area contributed by atoms with E-state index in [1.165, 1.54) is 36.4 Å². The number of anilines is 1. The molecule has 0 aliphatic heterocycles. The van der Waals surface area contributed by atoms with Crippen molar-refractivity contribution in [3.63, 3.8) is 0 Å². The number of rotatable bonds is 8. The number of ether oxygens (including phenoxy) is 1. The van der Waals surface area contributed by atoms with E-state index in [1.54, 1.807) is 12.1 Å². The minimum Gasteiger partial charge on any atom is -0.494 e. The molecule has 8 heteroatoms. The topological polar surface area (TPSA) is 96.9 Å². The maximum Gasteiger partial charge on any atom is 0.271 e. The van der Waals surface area contributed by atoms with E-state index in [0.717, 1.165) is 16.3 Å². The van der Waals surface area contributed by atoms with Gasteiger partial charge in [0.1, 0.15) is 5.75 Å². The summed E-state index contributed by atoms with van der Waals surface area (Å²) in [5.74, 6) is 0.200. The van der Waals surface area contributed by atoms with Crippen LogP contribution in [0.5, 0.6) is 5.75 Å². The Kier molecular flexibility index (Phi) is 7.12. The van der Waals surface area contributed by atoms with E-state index in [-0.39, 0.29) is 4.90 Å². The molecule has 178 valence electrons. The second-order valence-corrected chi connectivity index (χ2v) is 9.47. The maximum atomic E-state index is 12.6. The summed E-state index contributed by atoms with van der Waals surface area (Å²) >= 11 is 0. The molecule has 7 nitrogen and oxygen atoms in total. The van der Waals surface area contributed by atoms with Gasteiger partial charge in [-0.2, -0.15) is 5.10 Å². The highest BCUT2D eigenvalue weighted by atomic mass is 32.2. The van der Waals surface area contributed by atoms with E-state index < -0.39 is 15.9 Å². The van der Waals surface area contributed by atoms with E-state index in [4.69, 9.17) is 4.74 Å². The average molecular weight is 488 g/mol. The summed E-state index contributed by atoms with van der Waals surface area (Å²) in [6.45, 7) is 4.18. The lowest BCUT2D eigenvalue weighted by molar-refractivity contribution is 0.0955. The standard InChI is InChI=1S/C27H25N3O4S/c1-3-34-25-14-16-26(17-15-25)35(32,33)30-24-12-10-21(11-13-24)27(31)29-28-19(2)22-9-8-20-6-4-5-7-23(20)18-22/h4-18,30H,3H2,1-2H3,(H,29,31)/b28-19+. The molecule has 0 saturated carbocycles. The van der Waals surface area contributed by atoms with Gasteiger partial charge < -0.3 is 4.74 Å². The van der Waals surface area contributed by atoms with E-state index in [1.807, 2.05) is 56.3 Å². The highest BCUT2D eigenvalue weighted by molar-refractivity contribution is 7.92. The third kappa shape index (κ3) is 5.85. The van der Waals surface area contributed by atoms with Gasteiger partial charge in [-0.25, -0.2) is 13.8 Å². The Morgan fingerprint density at radius 1 is 0.857 bits per heavy atom. The lowest BCUT2D eigenvalue weighted by atomic mass is 10.0. The summed E-state index contributed by atoms with van der Waals surface area (Å²) in [7, 11) is -3.77. The molecular formula is C27H25N3O4S. The predicted molar refractivity (Wildman–Crippen MR) is 138 cm³/mol. The van der Waals surface area contributed by atoms with Crippen LogP contribution in [0.15, 0.2) is 101 Å². The first-order valence-corrected chi connectivity index (χ1v) is 12.5. The molecule has 1 amide bonds. The second-order valence-electron chi connectivity index (χ2n) is 7.79. The van der Waals surface area contributed by atoms with Crippen molar-refractivity contribution in [3.05, 3.63) is 102 Å². The fraction of sp³-hybridized carbons (Fsp3) is 0.111. The number of nitrogens with one attached hydrogen (secondary N) is 2. The summed E-state index contributed by atoms with van der Waals surface area (Å²) < 4.78 is 33.1. The molecular weight excluding hydrogens is 462 g/mol. The van der Waals surface area contributed by atoms with Gasteiger partial charge in [-0.05, 0) is 84.8 Å². The van der Waals surface area contributed by atoms with Crippen LogP contribution in [0.3, 0.4) is 0 Å². The van der Waals surface area contributed by atoms with Crippen molar-refractivity contribution in [2.24, 2.45) is 5.10 Å². The van der Waals surface area contributed by atoms with Crippen molar-refractivity contribution in [2.75, 3.05) is 11.3 Å². The van der Waals surface area contributed by atoms with Crippen LogP contribution in [0.25, 0.3) is 10.8 Å². The lowest BCUT2D eigenvalue weighted by Crippen LogP contribution is -2.19. The van der Waals surface area contributed by atoms with Crippen LogP contribution in [-0.4, -0.2) is 26.6 Å². The first-order valence-electron chi connectivity index (χ1n) is 11.1. The number of benzene rings is 4. The number of carbonyl (C=O) groups is 1. The average Bonchev–Trinajstić information content (AvgIpc) is 2.87. The minimum absolute atomic E-state index is 0.112. The van der Waals surface area contributed by atoms with Crippen LogP contribution in [0, 0.1) is 0 Å². The number of nitrogens with zero attached hydrogens (tertiary/aromatic N) is 1. The van der Waals surface area contributed by atoms with Gasteiger partial charge in [-0.15, -0.1) is 0 Å². The summed E-state index contributed by atoms with van der Waals surface area (Å²) in [4.78, 5) is 12.6. The summed E-state index contributed by atoms with van der Waals surface area (Å²) in [6.07, 6.45) is 0. The Morgan fingerprint density at radius 2 is 1.51 bits per heavy atom. The molecule has 2 N–H and O–H groups in total. The SMILES string of the molecule is CCOc1ccc(S(=O)(=O)Nc2ccc(C(=O)N/N=C(\C)c3ccc4ccccc4c3)cc2)cc1. The van der Waals surface area contributed by atoms with Crippen molar-refractivity contribution in [1.29, 1.82) is 0 Å². The Morgan fingerprint density at radius 3 is 2.20 bits per heavy atom. The highest BCUT2D eigenvalue weighted by Gasteiger charge is 2.15. The molecule has 0 aliphatic rings. The van der Waals surface area contributed by atoms with Crippen LogP contribution < -0.4 is 14.9 Å². The fourth-order valence-corrected chi connectivity index (χ4v) is 4.52. The molecule has 4 rings (SSSR count). The van der Waals surface area contributed by atoms with E-state index in [2.05, 4.69) is 15.2 Å². The number of hydrogen-bond donors (Lipinski definition) is 2. The molecule has 0 spiro atoms. The Balaban J connectivity index is 1.40. The molecule has 35 heavy (non-hydrogen) atoms. The van der Waals surface area contributed by atoms with Gasteiger partial charge in [0, 0.05) is 11.3 Å². The zero-order valence-electron chi connectivity index (χ0n) is 19.4. The summed E-state index contributed by atoms with van der Waals surface area (Å²) in [5, 5.41) is 6.44. The largest absolute Gasteiger partial charge is 0.494 e. The number of carbonyl (C=O) groups excluding carboxylic acids is 1. The molecule has 0 atom stereocenters. The molecule has 0 radical (unpaired) electrons. The van der Waals surface area contributed by atoms with E-state index in [0.29, 0.717) is 29.3 Å². The quantitative estimate of drug-likeness (QED) is 0.264. The minimum atomic E-state index is -3.77. The van der Waals surface area contributed by atoms with E-state index in [9.17, 15) is 13.2 Å². The maximum absolute atomic E-state index is 12.6. The van der Waals surface area contributed by atoms with Crippen molar-refractivity contribution in [2.45, 2.75) is 18.7 Å². The molecule has 0 heterocycles. The monoisotopic (exact) mass is 487 g/mol. The zero-order chi connectivity index (χ0) is 24.8. The molecule has 0 saturated heterocycles. The van der Waals surface area contributed by atoms with Crippen LogP contribution in [0.4, 0.5) is 5.69 Å². The number of amides is 1. The van der Waals surface area contributed by atoms with Crippen molar-refractivity contribution < 1.29 is 17.9 Å². The number of fused-ring (bicyclic) bond motifs is 1. The molecule has 4 aromatic carbocycles. The van der Waals surface area contributed by atoms with Gasteiger partial charge in [0.15, 0.2) is 0 Å². The van der Waals surface area contributed by atoms with Crippen molar-refractivity contribution >= 4 is 38.1 Å². The van der Waals surface area contributed by atoms with Crippen LogP contribution >= 0.6 is 0 Å². The van der Waals surface area contributed by atoms with Gasteiger partial charge in [-0.1, -0.05) is 36.4 Å². The molecule has 0 aromatic heterocycles. The Labute approximate surface area is 204 Å². The van der Waals surface area contributed by atoms with E-state index >= 15 is 0 Å². The fourth-order valence-electron chi connectivity index (χ4n) is 3.46. The zero-order valence-corrected chi connectivity index (χ0v) is 20.2. The van der Waals surface area contributed by atoms with Crippen molar-refractivity contribution in [3.8, 4) is 5.75 Å². The van der Waals surface area contributed by atoms with Gasteiger partial charge in [-0.3, -0.25) is 9.52 Å². The molecule has 0 unspecified atom stereocenters. The molecule has 0 bridgehead atoms. The van der Waals surface area contributed by atoms with Crippen LogP contribution in [-0.2, 0) is 10.0 Å². The number of hydrazone groups is 1.